The average molecular weight is 435 g/mol. The minimum Gasteiger partial charge on any atom is -0.495 e. The maximum atomic E-state index is 12.7. The summed E-state index contributed by atoms with van der Waals surface area (Å²) in [7, 11) is -2.35. The van der Waals surface area contributed by atoms with Crippen LogP contribution in [-0.4, -0.2) is 46.8 Å². The molecule has 0 atom stereocenters. The third-order valence-corrected chi connectivity index (χ3v) is 5.44. The Morgan fingerprint density at radius 1 is 1.10 bits per heavy atom. The second-order valence-corrected chi connectivity index (χ2v) is 8.65. The number of ether oxygens (including phenoxy) is 2. The lowest BCUT2D eigenvalue weighted by Gasteiger charge is -2.24. The van der Waals surface area contributed by atoms with Crippen molar-refractivity contribution in [3.8, 4) is 5.75 Å². The van der Waals surface area contributed by atoms with E-state index in [4.69, 9.17) is 9.47 Å². The molecule has 2 aromatic carbocycles. The predicted octanol–water partition coefficient (Wildman–Crippen LogP) is 2.89. The van der Waals surface area contributed by atoms with Crippen molar-refractivity contribution in [1.82, 2.24) is 0 Å². The van der Waals surface area contributed by atoms with Crippen molar-refractivity contribution >= 4 is 33.3 Å². The van der Waals surface area contributed by atoms with Crippen molar-refractivity contribution in [1.29, 1.82) is 0 Å². The average Bonchev–Trinajstić information content (AvgIpc) is 2.67. The quantitative estimate of drug-likeness (QED) is 0.641. The molecule has 0 spiro atoms. The second-order valence-electron chi connectivity index (χ2n) is 6.74. The number of sulfonamides is 1. The normalized spacial score (nSPS) is 11.0. The van der Waals surface area contributed by atoms with Crippen LogP contribution in [0.3, 0.4) is 0 Å². The smallest absolute Gasteiger partial charge is 0.338 e. The van der Waals surface area contributed by atoms with Gasteiger partial charge in [-0.15, -0.1) is 0 Å². The van der Waals surface area contributed by atoms with Crippen LogP contribution < -0.4 is 14.4 Å². The topological polar surface area (TPSA) is 102 Å². The molecule has 0 radical (unpaired) electrons. The largest absolute Gasteiger partial charge is 0.495 e. The van der Waals surface area contributed by atoms with Gasteiger partial charge in [0.05, 0.1) is 31.2 Å². The molecule has 2 aromatic rings. The first-order valence-electron chi connectivity index (χ1n) is 9.26. The molecule has 2 rings (SSSR count). The molecule has 0 aromatic heterocycles. The summed E-state index contributed by atoms with van der Waals surface area (Å²) in [6.45, 7) is 5.06. The summed E-state index contributed by atoms with van der Waals surface area (Å²) in [4.78, 5) is 24.7. The van der Waals surface area contributed by atoms with Crippen LogP contribution in [0.1, 0.15) is 28.4 Å². The van der Waals surface area contributed by atoms with E-state index in [-0.39, 0.29) is 17.9 Å². The number of aryl methyl sites for hydroxylation is 2. The van der Waals surface area contributed by atoms with Gasteiger partial charge in [-0.25, -0.2) is 13.2 Å². The molecule has 0 unspecified atom stereocenters. The van der Waals surface area contributed by atoms with Crippen LogP contribution in [0.2, 0.25) is 0 Å². The molecule has 0 saturated heterocycles. The number of nitrogens with one attached hydrogen (secondary N) is 1. The van der Waals surface area contributed by atoms with Gasteiger partial charge in [-0.2, -0.15) is 0 Å². The fourth-order valence-electron chi connectivity index (χ4n) is 2.79. The zero-order valence-electron chi connectivity index (χ0n) is 17.7. The van der Waals surface area contributed by atoms with E-state index >= 15 is 0 Å². The van der Waals surface area contributed by atoms with Gasteiger partial charge in [-0.1, -0.05) is 12.1 Å². The van der Waals surface area contributed by atoms with Crippen molar-refractivity contribution in [2.24, 2.45) is 0 Å². The maximum Gasteiger partial charge on any atom is 0.338 e. The van der Waals surface area contributed by atoms with Crippen molar-refractivity contribution in [3.05, 3.63) is 53.1 Å². The Morgan fingerprint density at radius 3 is 2.40 bits per heavy atom. The van der Waals surface area contributed by atoms with Gasteiger partial charge < -0.3 is 14.8 Å². The number of carbonyl (C=O) groups is 2. The van der Waals surface area contributed by atoms with Crippen molar-refractivity contribution < 1.29 is 27.5 Å². The monoisotopic (exact) mass is 434 g/mol. The van der Waals surface area contributed by atoms with Gasteiger partial charge in [0.15, 0.2) is 0 Å². The molecule has 0 bridgehead atoms. The molecule has 1 N–H and O–H groups in total. The first-order chi connectivity index (χ1) is 14.1. The van der Waals surface area contributed by atoms with E-state index in [2.05, 4.69) is 5.32 Å². The highest BCUT2D eigenvalue weighted by Crippen LogP contribution is 2.31. The van der Waals surface area contributed by atoms with E-state index in [0.29, 0.717) is 11.4 Å². The van der Waals surface area contributed by atoms with Crippen molar-refractivity contribution in [2.75, 3.05) is 36.1 Å². The number of rotatable bonds is 8. The van der Waals surface area contributed by atoms with Crippen molar-refractivity contribution in [2.45, 2.75) is 20.8 Å². The van der Waals surface area contributed by atoms with E-state index in [0.717, 1.165) is 21.7 Å². The van der Waals surface area contributed by atoms with Gasteiger partial charge in [0.2, 0.25) is 15.9 Å². The first kappa shape index (κ1) is 23.2. The highest BCUT2D eigenvalue weighted by Gasteiger charge is 2.24. The Labute approximate surface area is 176 Å². The molecule has 0 fully saturated rings. The molecular weight excluding hydrogens is 408 g/mol. The Hall–Kier alpha value is -3.07. The van der Waals surface area contributed by atoms with Gasteiger partial charge in [0.25, 0.3) is 0 Å². The van der Waals surface area contributed by atoms with E-state index in [1.54, 1.807) is 44.2 Å². The van der Waals surface area contributed by atoms with E-state index in [1.807, 2.05) is 6.92 Å². The first-order valence-corrected chi connectivity index (χ1v) is 11.1. The van der Waals surface area contributed by atoms with Crippen LogP contribution in [0.4, 0.5) is 11.4 Å². The number of methoxy groups -OCH3 is 1. The van der Waals surface area contributed by atoms with Crippen LogP contribution in [0, 0.1) is 13.8 Å². The maximum absolute atomic E-state index is 12.7. The summed E-state index contributed by atoms with van der Waals surface area (Å²) in [6, 6.07) is 9.85. The molecule has 162 valence electrons. The Bertz CT molecular complexity index is 1050. The van der Waals surface area contributed by atoms with Crippen LogP contribution in [0.5, 0.6) is 5.75 Å². The van der Waals surface area contributed by atoms with Crippen LogP contribution in [-0.2, 0) is 19.6 Å². The van der Waals surface area contributed by atoms with Crippen LogP contribution in [0.15, 0.2) is 36.4 Å². The molecule has 30 heavy (non-hydrogen) atoms. The Balaban J connectivity index is 2.32. The number of hydrogen-bond acceptors (Lipinski definition) is 6. The summed E-state index contributed by atoms with van der Waals surface area (Å²) >= 11 is 0. The summed E-state index contributed by atoms with van der Waals surface area (Å²) in [6.07, 6.45) is 1.02. The third-order valence-electron chi connectivity index (χ3n) is 4.31. The molecule has 0 heterocycles. The molecule has 0 aliphatic carbocycles. The van der Waals surface area contributed by atoms with Gasteiger partial charge >= 0.3 is 5.97 Å². The fraction of sp³-hybridized carbons (Fsp3) is 0.333. The van der Waals surface area contributed by atoms with Gasteiger partial charge in [-0.05, 0) is 56.2 Å². The third kappa shape index (κ3) is 5.73. The van der Waals surface area contributed by atoms with Gasteiger partial charge in [0.1, 0.15) is 12.3 Å². The summed E-state index contributed by atoms with van der Waals surface area (Å²) in [5.41, 5.74) is 2.49. The number of benzene rings is 2. The lowest BCUT2D eigenvalue weighted by atomic mass is 10.1. The Morgan fingerprint density at radius 2 is 1.80 bits per heavy atom. The predicted molar refractivity (Wildman–Crippen MR) is 116 cm³/mol. The molecule has 0 aliphatic heterocycles. The summed E-state index contributed by atoms with van der Waals surface area (Å²) in [5, 5.41) is 2.68. The number of nitrogens with zero attached hydrogens (tertiary/aromatic N) is 1. The standard InChI is InChI=1S/C21H26N2O6S/c1-6-29-21(25)16-9-8-15(3)17(12-16)22-20(24)13-23(30(5,26)27)18-11-14(2)7-10-19(18)28-4/h7-12H,6,13H2,1-5H3,(H,22,24). The number of anilines is 2. The lowest BCUT2D eigenvalue weighted by molar-refractivity contribution is -0.114. The molecular formula is C21H26N2O6S. The van der Waals surface area contributed by atoms with Crippen LogP contribution >= 0.6 is 0 Å². The molecule has 0 saturated carbocycles. The highest BCUT2D eigenvalue weighted by atomic mass is 32.2. The number of hydrogen-bond donors (Lipinski definition) is 1. The minimum absolute atomic E-state index is 0.232. The SMILES string of the molecule is CCOC(=O)c1ccc(C)c(NC(=O)CN(c2cc(C)ccc2OC)S(C)(=O)=O)c1. The molecule has 8 nitrogen and oxygen atoms in total. The van der Waals surface area contributed by atoms with Gasteiger partial charge in [-0.3, -0.25) is 9.10 Å². The number of esters is 1. The summed E-state index contributed by atoms with van der Waals surface area (Å²) in [5.74, 6) is -0.734. The molecule has 0 aliphatic rings. The molecule has 9 heteroatoms. The molecule has 1 amide bonds. The zero-order valence-corrected chi connectivity index (χ0v) is 18.5. The lowest BCUT2D eigenvalue weighted by Crippen LogP contribution is -2.37. The highest BCUT2D eigenvalue weighted by molar-refractivity contribution is 7.92. The number of carbonyl (C=O) groups excluding carboxylic acids is 2. The van der Waals surface area contributed by atoms with E-state index in [1.165, 1.54) is 13.2 Å². The van der Waals surface area contributed by atoms with Crippen LogP contribution in [0.25, 0.3) is 0 Å². The summed E-state index contributed by atoms with van der Waals surface area (Å²) < 4.78 is 36.1. The number of amides is 1. The fourth-order valence-corrected chi connectivity index (χ4v) is 3.65. The second kappa shape index (κ2) is 9.62. The van der Waals surface area contributed by atoms with Crippen molar-refractivity contribution in [3.63, 3.8) is 0 Å². The van der Waals surface area contributed by atoms with E-state index < -0.39 is 28.4 Å². The zero-order chi connectivity index (χ0) is 22.5. The van der Waals surface area contributed by atoms with Gasteiger partial charge in [0, 0.05) is 5.69 Å². The van der Waals surface area contributed by atoms with E-state index in [9.17, 15) is 18.0 Å². The minimum atomic E-state index is -3.78. The Kier molecular flexibility index (Phi) is 7.44.